The molecule has 102 valence electrons. The summed E-state index contributed by atoms with van der Waals surface area (Å²) in [5.41, 5.74) is 0.0448. The number of carboxylic acid groups (broad SMARTS) is 1. The Balaban J connectivity index is 2.52. The molecule has 0 atom stereocenters. The van der Waals surface area contributed by atoms with Gasteiger partial charge in [-0.05, 0) is 46.9 Å². The number of para-hydroxylation sites is 2. The second kappa shape index (κ2) is 5.87. The molecule has 7 heteroatoms. The zero-order valence-corrected chi connectivity index (χ0v) is 12.2. The molecule has 0 radical (unpaired) electrons. The van der Waals surface area contributed by atoms with Gasteiger partial charge in [0.15, 0.2) is 0 Å². The van der Waals surface area contributed by atoms with Crippen molar-refractivity contribution in [1.82, 2.24) is 0 Å². The lowest BCUT2D eigenvalue weighted by Crippen LogP contribution is -2.06. The SMILES string of the molecule is O=C(O)c1cccc(Nc2ccccc2I)c1[N+](=O)[O-]. The van der Waals surface area contributed by atoms with E-state index in [9.17, 15) is 14.9 Å². The lowest BCUT2D eigenvalue weighted by molar-refractivity contribution is -0.384. The van der Waals surface area contributed by atoms with E-state index >= 15 is 0 Å². The number of nitrogens with zero attached hydrogens (tertiary/aromatic N) is 1. The van der Waals surface area contributed by atoms with E-state index < -0.39 is 16.6 Å². The highest BCUT2D eigenvalue weighted by atomic mass is 127. The van der Waals surface area contributed by atoms with Crippen LogP contribution in [0.1, 0.15) is 10.4 Å². The molecule has 0 aliphatic carbocycles. The van der Waals surface area contributed by atoms with Crippen LogP contribution in [0.25, 0.3) is 0 Å². The number of hydrogen-bond donors (Lipinski definition) is 2. The van der Waals surface area contributed by atoms with Crippen LogP contribution >= 0.6 is 22.6 Å². The van der Waals surface area contributed by atoms with E-state index in [-0.39, 0.29) is 11.3 Å². The first-order valence-electron chi connectivity index (χ1n) is 5.53. The van der Waals surface area contributed by atoms with Crippen LogP contribution in [0.3, 0.4) is 0 Å². The first-order chi connectivity index (χ1) is 9.50. The molecule has 0 spiro atoms. The zero-order valence-electron chi connectivity index (χ0n) is 10.0. The molecule has 0 fully saturated rings. The quantitative estimate of drug-likeness (QED) is 0.477. The molecule has 2 aromatic carbocycles. The minimum absolute atomic E-state index is 0.152. The van der Waals surface area contributed by atoms with E-state index in [0.29, 0.717) is 5.69 Å². The average molecular weight is 384 g/mol. The fourth-order valence-electron chi connectivity index (χ4n) is 1.72. The van der Waals surface area contributed by atoms with Gasteiger partial charge in [-0.3, -0.25) is 10.1 Å². The predicted octanol–water partition coefficient (Wildman–Crippen LogP) is 3.64. The average Bonchev–Trinajstić information content (AvgIpc) is 2.40. The van der Waals surface area contributed by atoms with Gasteiger partial charge in [-0.25, -0.2) is 4.79 Å². The molecular weight excluding hydrogens is 375 g/mol. The highest BCUT2D eigenvalue weighted by Crippen LogP contribution is 2.32. The Kier molecular flexibility index (Phi) is 4.18. The van der Waals surface area contributed by atoms with Gasteiger partial charge in [0.1, 0.15) is 11.3 Å². The summed E-state index contributed by atoms with van der Waals surface area (Å²) >= 11 is 2.09. The van der Waals surface area contributed by atoms with E-state index in [1.165, 1.54) is 18.2 Å². The maximum absolute atomic E-state index is 11.1. The van der Waals surface area contributed by atoms with Crippen LogP contribution in [0, 0.1) is 13.7 Å². The second-order valence-electron chi connectivity index (χ2n) is 3.87. The molecule has 0 heterocycles. The fraction of sp³-hybridized carbons (Fsp3) is 0. The summed E-state index contributed by atoms with van der Waals surface area (Å²) in [6.45, 7) is 0. The van der Waals surface area contributed by atoms with E-state index in [4.69, 9.17) is 5.11 Å². The molecule has 0 bridgehead atoms. The largest absolute Gasteiger partial charge is 0.477 e. The van der Waals surface area contributed by atoms with Crippen LogP contribution in [0.15, 0.2) is 42.5 Å². The molecule has 2 rings (SSSR count). The first kappa shape index (κ1) is 14.3. The summed E-state index contributed by atoms with van der Waals surface area (Å²) in [6, 6.07) is 11.4. The Morgan fingerprint density at radius 1 is 1.15 bits per heavy atom. The summed E-state index contributed by atoms with van der Waals surface area (Å²) in [7, 11) is 0. The number of nitro groups is 1. The predicted molar refractivity (Wildman–Crippen MR) is 82.5 cm³/mol. The number of aromatic carboxylic acids is 1. The normalized spacial score (nSPS) is 10.1. The van der Waals surface area contributed by atoms with Gasteiger partial charge >= 0.3 is 11.7 Å². The summed E-state index contributed by atoms with van der Waals surface area (Å²) in [5.74, 6) is -1.33. The third-order valence-corrected chi connectivity index (χ3v) is 3.53. The molecule has 0 aromatic heterocycles. The van der Waals surface area contributed by atoms with Crippen LogP contribution in [0.5, 0.6) is 0 Å². The topological polar surface area (TPSA) is 92.5 Å². The number of anilines is 2. The Labute approximate surface area is 127 Å². The van der Waals surface area contributed by atoms with Crippen molar-refractivity contribution in [3.8, 4) is 0 Å². The molecule has 6 nitrogen and oxygen atoms in total. The van der Waals surface area contributed by atoms with E-state index in [0.717, 1.165) is 3.57 Å². The number of carbonyl (C=O) groups is 1. The maximum atomic E-state index is 11.1. The monoisotopic (exact) mass is 384 g/mol. The van der Waals surface area contributed by atoms with Gasteiger partial charge in [-0.2, -0.15) is 0 Å². The number of nitrogens with one attached hydrogen (secondary N) is 1. The van der Waals surface area contributed by atoms with Crippen molar-refractivity contribution < 1.29 is 14.8 Å². The van der Waals surface area contributed by atoms with Gasteiger partial charge < -0.3 is 10.4 Å². The number of rotatable bonds is 4. The van der Waals surface area contributed by atoms with E-state index in [2.05, 4.69) is 27.9 Å². The number of benzene rings is 2. The minimum Gasteiger partial charge on any atom is -0.477 e. The van der Waals surface area contributed by atoms with Crippen molar-refractivity contribution in [1.29, 1.82) is 0 Å². The molecule has 2 N–H and O–H groups in total. The highest BCUT2D eigenvalue weighted by Gasteiger charge is 2.24. The molecule has 0 unspecified atom stereocenters. The third-order valence-electron chi connectivity index (χ3n) is 2.59. The van der Waals surface area contributed by atoms with E-state index in [1.54, 1.807) is 12.1 Å². The summed E-state index contributed by atoms with van der Waals surface area (Å²) in [4.78, 5) is 21.5. The molecule has 2 aromatic rings. The molecule has 0 amide bonds. The van der Waals surface area contributed by atoms with Crippen LogP contribution in [0.4, 0.5) is 17.1 Å². The van der Waals surface area contributed by atoms with Crippen molar-refractivity contribution in [2.45, 2.75) is 0 Å². The van der Waals surface area contributed by atoms with Gasteiger partial charge in [0.05, 0.1) is 10.6 Å². The van der Waals surface area contributed by atoms with Crippen LogP contribution in [0.2, 0.25) is 0 Å². The van der Waals surface area contributed by atoms with Crippen LogP contribution in [-0.4, -0.2) is 16.0 Å². The number of hydrogen-bond acceptors (Lipinski definition) is 4. The lowest BCUT2D eigenvalue weighted by Gasteiger charge is -2.10. The summed E-state index contributed by atoms with van der Waals surface area (Å²) in [5, 5.41) is 23.1. The van der Waals surface area contributed by atoms with Crippen LogP contribution in [-0.2, 0) is 0 Å². The zero-order chi connectivity index (χ0) is 14.7. The Morgan fingerprint density at radius 3 is 2.40 bits per heavy atom. The minimum atomic E-state index is -1.33. The van der Waals surface area contributed by atoms with Crippen molar-refractivity contribution in [2.24, 2.45) is 0 Å². The number of halogens is 1. The first-order valence-corrected chi connectivity index (χ1v) is 6.61. The Morgan fingerprint density at radius 2 is 1.80 bits per heavy atom. The highest BCUT2D eigenvalue weighted by molar-refractivity contribution is 14.1. The molecule has 20 heavy (non-hydrogen) atoms. The van der Waals surface area contributed by atoms with E-state index in [1.807, 2.05) is 12.1 Å². The smallest absolute Gasteiger partial charge is 0.342 e. The Hall–Kier alpha value is -2.16. The lowest BCUT2D eigenvalue weighted by atomic mass is 10.1. The van der Waals surface area contributed by atoms with Crippen molar-refractivity contribution in [2.75, 3.05) is 5.32 Å². The van der Waals surface area contributed by atoms with Crippen molar-refractivity contribution in [3.63, 3.8) is 0 Å². The maximum Gasteiger partial charge on any atom is 0.342 e. The van der Waals surface area contributed by atoms with Gasteiger partial charge in [0.2, 0.25) is 0 Å². The van der Waals surface area contributed by atoms with Crippen molar-refractivity contribution >= 4 is 45.6 Å². The molecule has 0 saturated carbocycles. The van der Waals surface area contributed by atoms with Crippen molar-refractivity contribution in [3.05, 3.63) is 61.7 Å². The van der Waals surface area contributed by atoms with Crippen LogP contribution < -0.4 is 5.32 Å². The second-order valence-corrected chi connectivity index (χ2v) is 5.03. The third kappa shape index (κ3) is 2.87. The van der Waals surface area contributed by atoms with Gasteiger partial charge in [-0.15, -0.1) is 0 Å². The molecular formula is C13H9IN2O4. The number of carboxylic acids is 1. The fourth-order valence-corrected chi connectivity index (χ4v) is 2.24. The standard InChI is InChI=1S/C13H9IN2O4/c14-9-5-1-2-6-10(9)15-11-7-3-4-8(13(17)18)12(11)16(19)20/h1-7,15H,(H,17,18). The van der Waals surface area contributed by atoms with Gasteiger partial charge in [-0.1, -0.05) is 18.2 Å². The summed E-state index contributed by atoms with van der Waals surface area (Å²) < 4.78 is 0.875. The molecule has 0 aliphatic heterocycles. The molecule has 0 aliphatic rings. The Bertz CT molecular complexity index is 688. The van der Waals surface area contributed by atoms with Gasteiger partial charge in [0.25, 0.3) is 0 Å². The molecule has 0 saturated heterocycles. The summed E-state index contributed by atoms with van der Waals surface area (Å²) in [6.07, 6.45) is 0. The van der Waals surface area contributed by atoms with Gasteiger partial charge in [0, 0.05) is 3.57 Å². The number of nitro benzene ring substituents is 1.